The summed E-state index contributed by atoms with van der Waals surface area (Å²) >= 11 is 0. The van der Waals surface area contributed by atoms with Gasteiger partial charge in [0.05, 0.1) is 0 Å². The number of para-hydroxylation sites is 1. The number of carboxylic acids is 1. The molecule has 4 atom stereocenters. The Bertz CT molecular complexity index is 717. The van der Waals surface area contributed by atoms with Crippen LogP contribution in [-0.4, -0.2) is 23.3 Å². The van der Waals surface area contributed by atoms with Crippen LogP contribution in [-0.2, 0) is 4.79 Å². The fourth-order valence-corrected chi connectivity index (χ4v) is 4.64. The summed E-state index contributed by atoms with van der Waals surface area (Å²) in [7, 11) is 0. The van der Waals surface area contributed by atoms with Crippen LogP contribution in [0.25, 0.3) is 0 Å². The number of hydrazone groups is 1. The van der Waals surface area contributed by atoms with Crippen LogP contribution in [0, 0.1) is 23.7 Å². The maximum absolute atomic E-state index is 12.0. The van der Waals surface area contributed by atoms with Crippen LogP contribution in [0.15, 0.2) is 47.6 Å². The summed E-state index contributed by atoms with van der Waals surface area (Å²) in [4.78, 5) is 22.5. The van der Waals surface area contributed by atoms with E-state index in [0.717, 1.165) is 24.4 Å². The molecule has 0 unspecified atom stereocenters. The highest BCUT2D eigenvalue weighted by Gasteiger charge is 2.45. The zero-order valence-electron chi connectivity index (χ0n) is 16.1. The number of benzene rings is 1. The van der Waals surface area contributed by atoms with Gasteiger partial charge >= 0.3 is 12.0 Å². The first-order valence-corrected chi connectivity index (χ1v) is 10.2. The van der Waals surface area contributed by atoms with Gasteiger partial charge < -0.3 is 10.4 Å². The Balaban J connectivity index is 1.46. The average molecular weight is 383 g/mol. The quantitative estimate of drug-likeness (QED) is 0.251. The second-order valence-corrected chi connectivity index (χ2v) is 7.78. The van der Waals surface area contributed by atoms with E-state index in [2.05, 4.69) is 28.0 Å². The molecule has 2 fully saturated rings. The minimum atomic E-state index is -0.735. The zero-order chi connectivity index (χ0) is 19.8. The van der Waals surface area contributed by atoms with Crippen LogP contribution in [0.2, 0.25) is 0 Å². The molecule has 2 aliphatic carbocycles. The molecule has 1 aromatic rings. The average Bonchev–Trinajstić information content (AvgIpc) is 3.27. The molecular formula is C22H29N3O3. The van der Waals surface area contributed by atoms with E-state index in [4.69, 9.17) is 5.11 Å². The zero-order valence-corrected chi connectivity index (χ0v) is 16.1. The Kier molecular flexibility index (Phi) is 7.23. The number of carbonyl (C=O) groups excluding carboxylic acids is 1. The Hall–Kier alpha value is -2.63. The van der Waals surface area contributed by atoms with Crippen molar-refractivity contribution in [3.63, 3.8) is 0 Å². The van der Waals surface area contributed by atoms with Crippen LogP contribution in [0.5, 0.6) is 0 Å². The number of unbranched alkanes of at least 4 members (excludes halogenated alkanes) is 1. The summed E-state index contributed by atoms with van der Waals surface area (Å²) in [5.41, 5.74) is 3.32. The minimum absolute atomic E-state index is 0.227. The van der Waals surface area contributed by atoms with Crippen LogP contribution in [0.1, 0.15) is 44.9 Å². The number of allylic oxidation sites excluding steroid dienone is 2. The number of fused-ring (bicyclic) bond motifs is 2. The van der Waals surface area contributed by atoms with Crippen molar-refractivity contribution in [3.8, 4) is 0 Å². The predicted octanol–water partition coefficient (Wildman–Crippen LogP) is 4.66. The molecule has 3 rings (SSSR count). The molecule has 150 valence electrons. The van der Waals surface area contributed by atoms with E-state index in [-0.39, 0.29) is 12.5 Å². The Morgan fingerprint density at radius 2 is 1.93 bits per heavy atom. The molecule has 0 radical (unpaired) electrons. The number of aliphatic carboxylic acids is 1. The lowest BCUT2D eigenvalue weighted by Crippen LogP contribution is -2.27. The SMILES string of the molecule is O=C(O)CCC/C=C\C[C@@H]1[C@@H]2CC[C@@H](C2)[C@H]1/C=N/NC(=O)Nc1ccccc1. The molecular weight excluding hydrogens is 354 g/mol. The Morgan fingerprint density at radius 1 is 1.14 bits per heavy atom. The third-order valence-electron chi connectivity index (χ3n) is 5.94. The first kappa shape index (κ1) is 20.1. The van der Waals surface area contributed by atoms with Crippen LogP contribution >= 0.6 is 0 Å². The molecule has 6 nitrogen and oxygen atoms in total. The molecule has 0 saturated heterocycles. The van der Waals surface area contributed by atoms with Gasteiger partial charge in [-0.15, -0.1) is 0 Å². The smallest absolute Gasteiger partial charge is 0.339 e. The standard InChI is InChI=1S/C22H29N3O3/c26-21(27)11-7-2-1-6-10-19-16-12-13-17(14-16)20(19)15-23-25-22(28)24-18-8-4-3-5-9-18/h1,3-6,8-9,15-17,19-20H,2,7,10-14H2,(H,26,27)(H2,24,25,28)/b6-1-,23-15+/t16-,17+,19-,20-/m1/s1. The van der Waals surface area contributed by atoms with E-state index in [1.165, 1.54) is 19.3 Å². The van der Waals surface area contributed by atoms with E-state index in [1.54, 1.807) is 0 Å². The van der Waals surface area contributed by atoms with Gasteiger partial charge in [-0.05, 0) is 68.4 Å². The van der Waals surface area contributed by atoms with Crippen LogP contribution in [0.3, 0.4) is 0 Å². The van der Waals surface area contributed by atoms with Gasteiger partial charge in [-0.1, -0.05) is 30.4 Å². The highest BCUT2D eigenvalue weighted by Crippen LogP contribution is 2.52. The van der Waals surface area contributed by atoms with Gasteiger partial charge in [0, 0.05) is 24.2 Å². The fourth-order valence-electron chi connectivity index (χ4n) is 4.64. The molecule has 2 amide bonds. The van der Waals surface area contributed by atoms with Gasteiger partial charge in [0.25, 0.3) is 0 Å². The van der Waals surface area contributed by atoms with Crippen molar-refractivity contribution >= 4 is 23.9 Å². The third-order valence-corrected chi connectivity index (χ3v) is 5.94. The molecule has 6 heteroatoms. The summed E-state index contributed by atoms with van der Waals surface area (Å²) in [6.07, 6.45) is 12.7. The number of carboxylic acid groups (broad SMARTS) is 1. The number of amides is 2. The molecule has 1 aromatic carbocycles. The Morgan fingerprint density at radius 3 is 2.71 bits per heavy atom. The number of urea groups is 1. The topological polar surface area (TPSA) is 90.8 Å². The molecule has 2 aliphatic rings. The predicted molar refractivity (Wildman–Crippen MR) is 110 cm³/mol. The number of nitrogens with one attached hydrogen (secondary N) is 2. The second kappa shape index (κ2) is 10.1. The van der Waals surface area contributed by atoms with Gasteiger partial charge in [-0.2, -0.15) is 5.10 Å². The van der Waals surface area contributed by atoms with Crippen molar-refractivity contribution < 1.29 is 14.7 Å². The van der Waals surface area contributed by atoms with E-state index in [1.807, 2.05) is 36.5 Å². The lowest BCUT2D eigenvalue weighted by atomic mass is 9.78. The number of carbonyl (C=O) groups is 2. The number of hydrogen-bond donors (Lipinski definition) is 3. The molecule has 2 saturated carbocycles. The van der Waals surface area contributed by atoms with Crippen molar-refractivity contribution in [1.29, 1.82) is 0 Å². The number of hydrogen-bond acceptors (Lipinski definition) is 3. The highest BCUT2D eigenvalue weighted by atomic mass is 16.4. The maximum Gasteiger partial charge on any atom is 0.339 e. The minimum Gasteiger partial charge on any atom is -0.481 e. The van der Waals surface area contributed by atoms with Crippen molar-refractivity contribution in [2.24, 2.45) is 28.8 Å². The summed E-state index contributed by atoms with van der Waals surface area (Å²) in [6, 6.07) is 8.97. The highest BCUT2D eigenvalue weighted by molar-refractivity contribution is 5.89. The van der Waals surface area contributed by atoms with Crippen molar-refractivity contribution in [2.75, 3.05) is 5.32 Å². The van der Waals surface area contributed by atoms with Crippen molar-refractivity contribution in [3.05, 3.63) is 42.5 Å². The summed E-state index contributed by atoms with van der Waals surface area (Å²) in [5.74, 6) is 1.64. The maximum atomic E-state index is 12.0. The van der Waals surface area contributed by atoms with E-state index >= 15 is 0 Å². The number of nitrogens with zero attached hydrogens (tertiary/aromatic N) is 1. The van der Waals surface area contributed by atoms with Gasteiger partial charge in [0.2, 0.25) is 0 Å². The number of anilines is 1. The largest absolute Gasteiger partial charge is 0.481 e. The third kappa shape index (κ3) is 5.68. The molecule has 0 aliphatic heterocycles. The summed E-state index contributed by atoms with van der Waals surface area (Å²) in [6.45, 7) is 0. The first-order chi connectivity index (χ1) is 13.6. The second-order valence-electron chi connectivity index (χ2n) is 7.78. The molecule has 28 heavy (non-hydrogen) atoms. The first-order valence-electron chi connectivity index (χ1n) is 10.2. The van der Waals surface area contributed by atoms with Gasteiger partial charge in [0.15, 0.2) is 0 Å². The normalized spacial score (nSPS) is 26.1. The molecule has 0 aromatic heterocycles. The van der Waals surface area contributed by atoms with Gasteiger partial charge in [0.1, 0.15) is 0 Å². The molecule has 0 spiro atoms. The lowest BCUT2D eigenvalue weighted by molar-refractivity contribution is -0.137. The van der Waals surface area contributed by atoms with Gasteiger partial charge in [-0.3, -0.25) is 4.79 Å². The van der Waals surface area contributed by atoms with E-state index < -0.39 is 5.97 Å². The summed E-state index contributed by atoms with van der Waals surface area (Å²) in [5, 5.41) is 15.7. The number of rotatable bonds is 9. The fraction of sp³-hybridized carbons (Fsp3) is 0.500. The Labute approximate surface area is 166 Å². The molecule has 3 N–H and O–H groups in total. The molecule has 0 heterocycles. The van der Waals surface area contributed by atoms with Crippen LogP contribution < -0.4 is 10.7 Å². The monoisotopic (exact) mass is 383 g/mol. The van der Waals surface area contributed by atoms with E-state index in [0.29, 0.717) is 24.2 Å². The van der Waals surface area contributed by atoms with Gasteiger partial charge in [-0.25, -0.2) is 10.2 Å². The van der Waals surface area contributed by atoms with Crippen molar-refractivity contribution in [2.45, 2.75) is 44.9 Å². The van der Waals surface area contributed by atoms with E-state index in [9.17, 15) is 9.59 Å². The lowest BCUT2D eigenvalue weighted by Gasteiger charge is -2.27. The van der Waals surface area contributed by atoms with Crippen LogP contribution in [0.4, 0.5) is 10.5 Å². The van der Waals surface area contributed by atoms with Crippen molar-refractivity contribution in [1.82, 2.24) is 5.43 Å². The summed E-state index contributed by atoms with van der Waals surface area (Å²) < 4.78 is 0. The molecule has 2 bridgehead atoms.